The molecule has 0 bridgehead atoms. The molecule has 0 saturated heterocycles. The van der Waals surface area contributed by atoms with Crippen LogP contribution >= 0.6 is 0 Å². The summed E-state index contributed by atoms with van der Waals surface area (Å²) in [7, 11) is 0. The second-order valence-corrected chi connectivity index (χ2v) is 5.35. The molecule has 2 rings (SSSR count). The maximum atomic E-state index is 12.3. The van der Waals surface area contributed by atoms with E-state index in [0.717, 1.165) is 18.4 Å². The Labute approximate surface area is 102 Å². The fourth-order valence-corrected chi connectivity index (χ4v) is 2.51. The third-order valence-electron chi connectivity index (χ3n) is 3.87. The third kappa shape index (κ3) is 2.68. The van der Waals surface area contributed by atoms with Crippen LogP contribution in [0.25, 0.3) is 0 Å². The first kappa shape index (κ1) is 12.1. The quantitative estimate of drug-likeness (QED) is 0.846. The van der Waals surface area contributed by atoms with Crippen molar-refractivity contribution in [2.75, 3.05) is 0 Å². The van der Waals surface area contributed by atoms with E-state index in [-0.39, 0.29) is 17.4 Å². The first-order valence-electron chi connectivity index (χ1n) is 6.41. The summed E-state index contributed by atoms with van der Waals surface area (Å²) in [6.07, 6.45) is 9.21. The minimum atomic E-state index is -0.170. The summed E-state index contributed by atoms with van der Waals surface area (Å²) in [5.41, 5.74) is 0.855. The molecule has 2 N–H and O–H groups in total. The lowest BCUT2D eigenvalue weighted by Gasteiger charge is -2.33. The number of rotatable bonds is 3. The zero-order valence-electron chi connectivity index (χ0n) is 10.6. The van der Waals surface area contributed by atoms with E-state index < -0.39 is 0 Å². The molecule has 0 radical (unpaired) electrons. The van der Waals surface area contributed by atoms with Crippen LogP contribution in [-0.2, 0) is 4.79 Å². The summed E-state index contributed by atoms with van der Waals surface area (Å²) in [6, 6.07) is 0.0278. The van der Waals surface area contributed by atoms with Crippen molar-refractivity contribution in [1.82, 2.24) is 15.5 Å². The maximum Gasteiger partial charge on any atom is 0.226 e. The van der Waals surface area contributed by atoms with Gasteiger partial charge in [0, 0.05) is 17.2 Å². The van der Waals surface area contributed by atoms with Crippen molar-refractivity contribution in [2.45, 2.75) is 52.0 Å². The van der Waals surface area contributed by atoms with E-state index in [1.54, 1.807) is 6.20 Å². The molecule has 0 aromatic carbocycles. The van der Waals surface area contributed by atoms with Crippen molar-refractivity contribution in [3.05, 3.63) is 18.0 Å². The minimum absolute atomic E-state index is 0.0278. The molecule has 1 amide bonds. The predicted molar refractivity (Wildman–Crippen MR) is 66.3 cm³/mol. The van der Waals surface area contributed by atoms with Crippen LogP contribution in [0.5, 0.6) is 0 Å². The van der Waals surface area contributed by atoms with Gasteiger partial charge in [0.1, 0.15) is 0 Å². The smallest absolute Gasteiger partial charge is 0.226 e. The highest BCUT2D eigenvalue weighted by molar-refractivity contribution is 5.82. The van der Waals surface area contributed by atoms with Crippen LogP contribution in [0.15, 0.2) is 12.4 Å². The number of aromatic amines is 1. The monoisotopic (exact) mass is 235 g/mol. The molecule has 0 spiro atoms. The van der Waals surface area contributed by atoms with E-state index in [4.69, 9.17) is 0 Å². The molecule has 0 aliphatic heterocycles. The number of nitrogens with one attached hydrogen (secondary N) is 2. The van der Waals surface area contributed by atoms with E-state index in [1.165, 1.54) is 19.3 Å². The number of carbonyl (C=O) groups excluding carboxylic acids is 1. The van der Waals surface area contributed by atoms with Gasteiger partial charge in [0.2, 0.25) is 5.91 Å². The van der Waals surface area contributed by atoms with E-state index in [9.17, 15) is 4.79 Å². The Morgan fingerprint density at radius 1 is 1.47 bits per heavy atom. The van der Waals surface area contributed by atoms with Gasteiger partial charge >= 0.3 is 0 Å². The molecule has 1 aromatic rings. The van der Waals surface area contributed by atoms with Crippen LogP contribution < -0.4 is 5.32 Å². The molecule has 17 heavy (non-hydrogen) atoms. The van der Waals surface area contributed by atoms with Gasteiger partial charge in [-0.05, 0) is 19.8 Å². The first-order chi connectivity index (χ1) is 8.12. The summed E-state index contributed by atoms with van der Waals surface area (Å²) in [5, 5.41) is 9.77. The molecular formula is C13H21N3O. The predicted octanol–water partition coefficient (Wildman–Crippen LogP) is 2.56. The summed E-state index contributed by atoms with van der Waals surface area (Å²) >= 11 is 0. The van der Waals surface area contributed by atoms with Crippen molar-refractivity contribution in [1.29, 1.82) is 0 Å². The standard InChI is InChI=1S/C13H21N3O/c1-10(11-8-14-15-9-11)16-12(17)13(2)6-4-3-5-7-13/h8-10H,3-7H2,1-2H3,(H,14,15)(H,16,17). The highest BCUT2D eigenvalue weighted by Crippen LogP contribution is 2.36. The highest BCUT2D eigenvalue weighted by atomic mass is 16.2. The molecule has 1 unspecified atom stereocenters. The molecule has 1 saturated carbocycles. The number of aromatic nitrogens is 2. The Kier molecular flexibility index (Phi) is 3.50. The molecule has 1 heterocycles. The van der Waals surface area contributed by atoms with Crippen LogP contribution in [0.4, 0.5) is 0 Å². The second kappa shape index (κ2) is 4.90. The lowest BCUT2D eigenvalue weighted by Crippen LogP contribution is -2.41. The van der Waals surface area contributed by atoms with Crippen LogP contribution in [0, 0.1) is 5.41 Å². The van der Waals surface area contributed by atoms with Crippen molar-refractivity contribution in [3.8, 4) is 0 Å². The minimum Gasteiger partial charge on any atom is -0.349 e. The molecule has 1 aliphatic carbocycles. The lowest BCUT2D eigenvalue weighted by atomic mass is 9.75. The molecule has 4 nitrogen and oxygen atoms in total. The molecule has 1 fully saturated rings. The van der Waals surface area contributed by atoms with Crippen LogP contribution in [0.2, 0.25) is 0 Å². The Morgan fingerprint density at radius 3 is 2.76 bits per heavy atom. The van der Waals surface area contributed by atoms with Gasteiger partial charge < -0.3 is 5.32 Å². The van der Waals surface area contributed by atoms with Crippen LogP contribution in [0.3, 0.4) is 0 Å². The molecule has 94 valence electrons. The van der Waals surface area contributed by atoms with Crippen molar-refractivity contribution < 1.29 is 4.79 Å². The fourth-order valence-electron chi connectivity index (χ4n) is 2.51. The Morgan fingerprint density at radius 2 is 2.18 bits per heavy atom. The van der Waals surface area contributed by atoms with Gasteiger partial charge in [-0.25, -0.2) is 0 Å². The van der Waals surface area contributed by atoms with Crippen molar-refractivity contribution in [3.63, 3.8) is 0 Å². The van der Waals surface area contributed by atoms with Crippen LogP contribution in [-0.4, -0.2) is 16.1 Å². The number of H-pyrrole nitrogens is 1. The molecule has 4 heteroatoms. The van der Waals surface area contributed by atoms with E-state index >= 15 is 0 Å². The molecule has 1 aliphatic rings. The normalized spacial score (nSPS) is 20.8. The average Bonchev–Trinajstić information content (AvgIpc) is 2.83. The van der Waals surface area contributed by atoms with E-state index in [0.29, 0.717) is 0 Å². The summed E-state index contributed by atoms with van der Waals surface area (Å²) in [6.45, 7) is 4.08. The largest absolute Gasteiger partial charge is 0.349 e. The zero-order chi connectivity index (χ0) is 12.3. The highest BCUT2D eigenvalue weighted by Gasteiger charge is 2.35. The van der Waals surface area contributed by atoms with Gasteiger partial charge in [-0.1, -0.05) is 26.2 Å². The van der Waals surface area contributed by atoms with Crippen molar-refractivity contribution in [2.24, 2.45) is 5.41 Å². The third-order valence-corrected chi connectivity index (χ3v) is 3.87. The number of amides is 1. The summed E-state index contributed by atoms with van der Waals surface area (Å²) < 4.78 is 0. The number of hydrogen-bond donors (Lipinski definition) is 2. The Bertz CT molecular complexity index is 366. The van der Waals surface area contributed by atoms with E-state index in [1.807, 2.05) is 13.1 Å². The Balaban J connectivity index is 1.96. The topological polar surface area (TPSA) is 57.8 Å². The number of carbonyl (C=O) groups is 1. The molecule has 1 aromatic heterocycles. The molecule has 1 atom stereocenters. The van der Waals surface area contributed by atoms with Gasteiger partial charge in [-0.2, -0.15) is 5.10 Å². The molecular weight excluding hydrogens is 214 g/mol. The van der Waals surface area contributed by atoms with Gasteiger partial charge in [0.05, 0.1) is 12.2 Å². The van der Waals surface area contributed by atoms with Crippen LogP contribution in [0.1, 0.15) is 57.6 Å². The maximum absolute atomic E-state index is 12.3. The zero-order valence-corrected chi connectivity index (χ0v) is 10.6. The summed E-state index contributed by atoms with van der Waals surface area (Å²) in [5.74, 6) is 0.186. The number of nitrogens with zero attached hydrogens (tertiary/aromatic N) is 1. The number of hydrogen-bond acceptors (Lipinski definition) is 2. The van der Waals surface area contributed by atoms with E-state index in [2.05, 4.69) is 22.4 Å². The van der Waals surface area contributed by atoms with Gasteiger partial charge in [0.25, 0.3) is 0 Å². The lowest BCUT2D eigenvalue weighted by molar-refractivity contribution is -0.132. The SMILES string of the molecule is CC(NC(=O)C1(C)CCCCC1)c1cn[nH]c1. The second-order valence-electron chi connectivity index (χ2n) is 5.35. The van der Waals surface area contributed by atoms with Gasteiger partial charge in [0.15, 0.2) is 0 Å². The first-order valence-corrected chi connectivity index (χ1v) is 6.41. The van der Waals surface area contributed by atoms with Gasteiger partial charge in [-0.3, -0.25) is 9.89 Å². The Hall–Kier alpha value is -1.32. The average molecular weight is 235 g/mol. The van der Waals surface area contributed by atoms with Crippen molar-refractivity contribution >= 4 is 5.91 Å². The fraction of sp³-hybridized carbons (Fsp3) is 0.692. The van der Waals surface area contributed by atoms with Gasteiger partial charge in [-0.15, -0.1) is 0 Å². The summed E-state index contributed by atoms with van der Waals surface area (Å²) in [4.78, 5) is 12.3.